The molecule has 1 amide bonds. The zero-order valence-electron chi connectivity index (χ0n) is 19.0. The number of methoxy groups -OCH3 is 2. The number of hydrogen-bond donors (Lipinski definition) is 3. The van der Waals surface area contributed by atoms with Crippen molar-refractivity contribution in [2.75, 3.05) is 36.8 Å². The van der Waals surface area contributed by atoms with Gasteiger partial charge in [0.1, 0.15) is 0 Å². The van der Waals surface area contributed by atoms with Crippen LogP contribution in [0.1, 0.15) is 27.6 Å². The first kappa shape index (κ1) is 24.5. The van der Waals surface area contributed by atoms with Crippen molar-refractivity contribution < 1.29 is 23.8 Å². The van der Waals surface area contributed by atoms with Gasteiger partial charge in [-0.3, -0.25) is 4.79 Å². The van der Waals surface area contributed by atoms with Crippen LogP contribution in [0.25, 0.3) is 0 Å². The third-order valence-corrected chi connectivity index (χ3v) is 4.91. The van der Waals surface area contributed by atoms with Gasteiger partial charge in [-0.2, -0.15) is 0 Å². The Morgan fingerprint density at radius 2 is 1.41 bits per heavy atom. The number of ether oxygens (including phenoxy) is 3. The average molecular weight is 480 g/mol. The summed E-state index contributed by atoms with van der Waals surface area (Å²) in [7, 11) is 2.93. The standard InChI is InChI=1S/C25H25N3O5S/c1-4-33-24(30)19-14-21(31-2)22(32-3)15-20(19)28-23(29)16-10-12-18(13-11-16)27-25(34)26-17-8-6-5-7-9-17/h5-15H,4H2,1-3H3,(H,28,29)(H2,26,27,34). The molecule has 34 heavy (non-hydrogen) atoms. The van der Waals surface area contributed by atoms with Crippen LogP contribution < -0.4 is 25.4 Å². The maximum absolute atomic E-state index is 12.9. The average Bonchev–Trinajstić information content (AvgIpc) is 2.84. The van der Waals surface area contributed by atoms with Crippen molar-refractivity contribution in [2.45, 2.75) is 6.92 Å². The Hall–Kier alpha value is -4.11. The zero-order chi connectivity index (χ0) is 24.5. The largest absolute Gasteiger partial charge is 0.493 e. The molecule has 9 heteroatoms. The predicted octanol–water partition coefficient (Wildman–Crippen LogP) is 4.94. The Morgan fingerprint density at radius 3 is 2.00 bits per heavy atom. The number of anilines is 3. The van der Waals surface area contributed by atoms with E-state index in [1.54, 1.807) is 31.2 Å². The number of thiocarbonyl (C=S) groups is 1. The number of para-hydroxylation sites is 1. The molecule has 0 bridgehead atoms. The van der Waals surface area contributed by atoms with Crippen molar-refractivity contribution in [3.05, 3.63) is 77.9 Å². The van der Waals surface area contributed by atoms with E-state index in [1.165, 1.54) is 26.4 Å². The smallest absolute Gasteiger partial charge is 0.340 e. The molecule has 0 fully saturated rings. The highest BCUT2D eigenvalue weighted by Gasteiger charge is 2.20. The molecular weight excluding hydrogens is 454 g/mol. The number of carbonyl (C=O) groups is 2. The number of carbonyl (C=O) groups excluding carboxylic acids is 2. The van der Waals surface area contributed by atoms with Gasteiger partial charge in [-0.25, -0.2) is 4.79 Å². The first-order chi connectivity index (χ1) is 16.4. The Morgan fingerprint density at radius 1 is 0.824 bits per heavy atom. The quantitative estimate of drug-likeness (QED) is 0.309. The molecular formula is C25H25N3O5S. The topological polar surface area (TPSA) is 97.9 Å². The molecule has 0 saturated heterocycles. The van der Waals surface area contributed by atoms with Gasteiger partial charge in [0.05, 0.1) is 32.1 Å². The van der Waals surface area contributed by atoms with E-state index >= 15 is 0 Å². The number of benzene rings is 3. The molecule has 0 aliphatic carbocycles. The van der Waals surface area contributed by atoms with Gasteiger partial charge in [0, 0.05) is 29.1 Å². The summed E-state index contributed by atoms with van der Waals surface area (Å²) in [5, 5.41) is 9.33. The zero-order valence-corrected chi connectivity index (χ0v) is 19.8. The minimum absolute atomic E-state index is 0.156. The van der Waals surface area contributed by atoms with Crippen LogP contribution in [0.5, 0.6) is 11.5 Å². The Labute approximate surface area is 203 Å². The van der Waals surface area contributed by atoms with Gasteiger partial charge in [-0.15, -0.1) is 0 Å². The molecule has 3 rings (SSSR count). The molecule has 0 aromatic heterocycles. The number of rotatable bonds is 8. The highest BCUT2D eigenvalue weighted by molar-refractivity contribution is 7.80. The molecule has 0 saturated carbocycles. The lowest BCUT2D eigenvalue weighted by molar-refractivity contribution is 0.0527. The second-order valence-corrected chi connectivity index (χ2v) is 7.36. The van der Waals surface area contributed by atoms with Crippen molar-refractivity contribution in [1.29, 1.82) is 0 Å². The predicted molar refractivity (Wildman–Crippen MR) is 136 cm³/mol. The van der Waals surface area contributed by atoms with Crippen LogP contribution in [-0.4, -0.2) is 37.8 Å². The third kappa shape index (κ3) is 6.23. The summed E-state index contributed by atoms with van der Waals surface area (Å²) in [6, 6.07) is 19.3. The van der Waals surface area contributed by atoms with Gasteiger partial charge >= 0.3 is 5.97 Å². The Bertz CT molecular complexity index is 1170. The fraction of sp³-hybridized carbons (Fsp3) is 0.160. The molecule has 3 aromatic rings. The van der Waals surface area contributed by atoms with Gasteiger partial charge in [-0.1, -0.05) is 18.2 Å². The van der Waals surface area contributed by atoms with E-state index in [0.717, 1.165) is 5.69 Å². The molecule has 8 nitrogen and oxygen atoms in total. The Balaban J connectivity index is 1.73. The molecule has 176 valence electrons. The van der Waals surface area contributed by atoms with Crippen LogP contribution in [-0.2, 0) is 4.74 Å². The minimum Gasteiger partial charge on any atom is -0.493 e. The number of hydrogen-bond acceptors (Lipinski definition) is 6. The van der Waals surface area contributed by atoms with Crippen LogP contribution in [0.3, 0.4) is 0 Å². The fourth-order valence-corrected chi connectivity index (χ4v) is 3.31. The van der Waals surface area contributed by atoms with Crippen LogP contribution >= 0.6 is 12.2 Å². The van der Waals surface area contributed by atoms with Crippen LogP contribution in [0, 0.1) is 0 Å². The monoisotopic (exact) mass is 479 g/mol. The summed E-state index contributed by atoms with van der Waals surface area (Å²) in [5.41, 5.74) is 2.36. The van der Waals surface area contributed by atoms with Crippen LogP contribution in [0.15, 0.2) is 66.7 Å². The minimum atomic E-state index is -0.585. The first-order valence-electron chi connectivity index (χ1n) is 10.4. The summed E-state index contributed by atoms with van der Waals surface area (Å²) in [6.07, 6.45) is 0. The summed E-state index contributed by atoms with van der Waals surface area (Å²) in [4.78, 5) is 25.3. The molecule has 3 aromatic carbocycles. The van der Waals surface area contributed by atoms with Gasteiger partial charge in [-0.05, 0) is 55.5 Å². The van der Waals surface area contributed by atoms with Crippen molar-refractivity contribution in [1.82, 2.24) is 0 Å². The molecule has 0 aliphatic rings. The van der Waals surface area contributed by atoms with E-state index in [4.69, 9.17) is 26.4 Å². The maximum Gasteiger partial charge on any atom is 0.340 e. The van der Waals surface area contributed by atoms with Gasteiger partial charge < -0.3 is 30.2 Å². The Kier molecular flexibility index (Phi) is 8.42. The second-order valence-electron chi connectivity index (χ2n) is 6.95. The molecule has 0 atom stereocenters. The van der Waals surface area contributed by atoms with E-state index in [1.807, 2.05) is 30.3 Å². The summed E-state index contributed by atoms with van der Waals surface area (Å²) >= 11 is 5.33. The molecule has 0 unspecified atom stereocenters. The highest BCUT2D eigenvalue weighted by atomic mass is 32.1. The van der Waals surface area contributed by atoms with E-state index in [0.29, 0.717) is 27.9 Å². The lowest BCUT2D eigenvalue weighted by Gasteiger charge is -2.15. The fourth-order valence-electron chi connectivity index (χ4n) is 3.07. The summed E-state index contributed by atoms with van der Waals surface area (Å²) < 4.78 is 15.7. The van der Waals surface area contributed by atoms with E-state index in [-0.39, 0.29) is 17.9 Å². The molecule has 0 aliphatic heterocycles. The van der Waals surface area contributed by atoms with E-state index in [9.17, 15) is 9.59 Å². The highest BCUT2D eigenvalue weighted by Crippen LogP contribution is 2.34. The van der Waals surface area contributed by atoms with E-state index < -0.39 is 11.9 Å². The van der Waals surface area contributed by atoms with Gasteiger partial charge in [0.15, 0.2) is 16.6 Å². The molecule has 0 radical (unpaired) electrons. The maximum atomic E-state index is 12.9. The lowest BCUT2D eigenvalue weighted by Crippen LogP contribution is -2.19. The van der Waals surface area contributed by atoms with Crippen LogP contribution in [0.4, 0.5) is 17.1 Å². The lowest BCUT2D eigenvalue weighted by atomic mass is 10.1. The van der Waals surface area contributed by atoms with E-state index in [2.05, 4.69) is 16.0 Å². The number of amides is 1. The molecule has 3 N–H and O–H groups in total. The van der Waals surface area contributed by atoms with Gasteiger partial charge in [0.25, 0.3) is 5.91 Å². The molecule has 0 heterocycles. The van der Waals surface area contributed by atoms with Crippen LogP contribution in [0.2, 0.25) is 0 Å². The number of esters is 1. The van der Waals surface area contributed by atoms with Crippen molar-refractivity contribution in [2.24, 2.45) is 0 Å². The summed E-state index contributed by atoms with van der Waals surface area (Å²) in [5.74, 6) is -0.282. The SMILES string of the molecule is CCOC(=O)c1cc(OC)c(OC)cc1NC(=O)c1ccc(NC(=S)Nc2ccccc2)cc1. The summed E-state index contributed by atoms with van der Waals surface area (Å²) in [6.45, 7) is 1.89. The van der Waals surface area contributed by atoms with Crippen molar-refractivity contribution in [3.8, 4) is 11.5 Å². The van der Waals surface area contributed by atoms with Crippen molar-refractivity contribution >= 4 is 46.3 Å². The number of nitrogens with one attached hydrogen (secondary N) is 3. The van der Waals surface area contributed by atoms with Gasteiger partial charge in [0.2, 0.25) is 0 Å². The third-order valence-electron chi connectivity index (χ3n) is 4.70. The second kappa shape index (κ2) is 11.7. The normalized spacial score (nSPS) is 10.1. The molecule has 0 spiro atoms. The first-order valence-corrected chi connectivity index (χ1v) is 10.8. The van der Waals surface area contributed by atoms with Crippen molar-refractivity contribution in [3.63, 3.8) is 0 Å².